The zero-order valence-corrected chi connectivity index (χ0v) is 9.31. The molecule has 0 spiro atoms. The van der Waals surface area contributed by atoms with Crippen LogP contribution in [0.15, 0.2) is 18.2 Å². The molecule has 0 unspecified atom stereocenters. The molecule has 0 saturated heterocycles. The van der Waals surface area contributed by atoms with Crippen LogP contribution in [0, 0.1) is 19.7 Å². The highest BCUT2D eigenvalue weighted by atomic mass is 19.1. The predicted molar refractivity (Wildman–Crippen MR) is 57.8 cm³/mol. The number of aromatic nitrogens is 3. The van der Waals surface area contributed by atoms with Crippen LogP contribution in [-0.2, 0) is 0 Å². The first-order chi connectivity index (χ1) is 7.99. The van der Waals surface area contributed by atoms with E-state index in [-0.39, 0.29) is 11.3 Å². The monoisotopic (exact) mass is 235 g/mol. The van der Waals surface area contributed by atoms with Gasteiger partial charge in [0.15, 0.2) is 0 Å². The summed E-state index contributed by atoms with van der Waals surface area (Å²) in [5.41, 5.74) is 0.0915. The highest BCUT2D eigenvalue weighted by molar-refractivity contribution is 5.87. The number of nitrogens with zero attached hydrogens (tertiary/aromatic N) is 3. The second-order valence-corrected chi connectivity index (χ2v) is 3.59. The van der Waals surface area contributed by atoms with Crippen LogP contribution in [0.1, 0.15) is 22.0 Å². The lowest BCUT2D eigenvalue weighted by Gasteiger charge is -2.05. The average Bonchev–Trinajstić information content (AvgIpc) is 2.57. The second-order valence-electron chi connectivity index (χ2n) is 3.59. The zero-order chi connectivity index (χ0) is 12.6. The third-order valence-electron chi connectivity index (χ3n) is 2.30. The van der Waals surface area contributed by atoms with Gasteiger partial charge in [0.1, 0.15) is 23.2 Å². The summed E-state index contributed by atoms with van der Waals surface area (Å²) in [4.78, 5) is 14.7. The Morgan fingerprint density at radius 3 is 2.59 bits per heavy atom. The van der Waals surface area contributed by atoms with Crippen molar-refractivity contribution < 1.29 is 14.3 Å². The van der Waals surface area contributed by atoms with E-state index >= 15 is 0 Å². The fraction of sp³-hybridized carbons (Fsp3) is 0.182. The molecule has 0 fully saturated rings. The van der Waals surface area contributed by atoms with Crippen LogP contribution in [0.5, 0.6) is 0 Å². The van der Waals surface area contributed by atoms with Gasteiger partial charge in [-0.2, -0.15) is 5.10 Å². The van der Waals surface area contributed by atoms with Gasteiger partial charge in [0, 0.05) is 0 Å². The molecule has 0 aliphatic heterocycles. The summed E-state index contributed by atoms with van der Waals surface area (Å²) < 4.78 is 15.1. The van der Waals surface area contributed by atoms with E-state index in [2.05, 4.69) is 10.1 Å². The minimum absolute atomic E-state index is 0.0965. The highest BCUT2D eigenvalue weighted by Gasteiger charge is 2.12. The van der Waals surface area contributed by atoms with Crippen molar-refractivity contribution in [2.75, 3.05) is 0 Å². The Morgan fingerprint density at radius 2 is 2.12 bits per heavy atom. The van der Waals surface area contributed by atoms with E-state index in [1.165, 1.54) is 16.8 Å². The molecule has 1 aromatic heterocycles. The van der Waals surface area contributed by atoms with Crippen molar-refractivity contribution in [3.05, 3.63) is 41.2 Å². The van der Waals surface area contributed by atoms with Gasteiger partial charge in [-0.15, -0.1) is 0 Å². The number of rotatable bonds is 2. The van der Waals surface area contributed by atoms with Crippen molar-refractivity contribution in [3.8, 4) is 5.69 Å². The highest BCUT2D eigenvalue weighted by Crippen LogP contribution is 2.16. The van der Waals surface area contributed by atoms with Gasteiger partial charge in [-0.25, -0.2) is 18.9 Å². The van der Waals surface area contributed by atoms with Crippen LogP contribution in [0.3, 0.4) is 0 Å². The number of halogens is 1. The molecule has 0 aliphatic carbocycles. The summed E-state index contributed by atoms with van der Waals surface area (Å²) in [6.07, 6.45) is 0. The van der Waals surface area contributed by atoms with Gasteiger partial charge < -0.3 is 5.11 Å². The van der Waals surface area contributed by atoms with Crippen LogP contribution < -0.4 is 0 Å². The molecule has 1 heterocycles. The fourth-order valence-corrected chi connectivity index (χ4v) is 1.56. The van der Waals surface area contributed by atoms with Crippen LogP contribution in [0.25, 0.3) is 5.69 Å². The fourth-order valence-electron chi connectivity index (χ4n) is 1.56. The number of aryl methyl sites for hydroxylation is 2. The standard InChI is InChI=1S/C11H10FN3O2/c1-6-13-7(2)15(14-6)10-4-3-8(11(16)17)5-9(10)12/h3-5H,1-2H3,(H,16,17). The molecule has 2 aromatic rings. The number of carboxylic acid groups (broad SMARTS) is 1. The zero-order valence-electron chi connectivity index (χ0n) is 9.31. The minimum atomic E-state index is -1.16. The molecule has 0 bridgehead atoms. The van der Waals surface area contributed by atoms with Crippen molar-refractivity contribution in [2.24, 2.45) is 0 Å². The number of hydrogen-bond acceptors (Lipinski definition) is 3. The minimum Gasteiger partial charge on any atom is -0.478 e. The van der Waals surface area contributed by atoms with Gasteiger partial charge in [-0.3, -0.25) is 0 Å². The largest absolute Gasteiger partial charge is 0.478 e. The van der Waals surface area contributed by atoms with Gasteiger partial charge in [0.25, 0.3) is 0 Å². The summed E-state index contributed by atoms with van der Waals surface area (Å²) in [7, 11) is 0. The van der Waals surface area contributed by atoms with E-state index in [1.54, 1.807) is 13.8 Å². The maximum Gasteiger partial charge on any atom is 0.335 e. The molecule has 88 valence electrons. The van der Waals surface area contributed by atoms with Crippen LogP contribution in [0.4, 0.5) is 4.39 Å². The van der Waals surface area contributed by atoms with Crippen LogP contribution in [0.2, 0.25) is 0 Å². The average molecular weight is 235 g/mol. The topological polar surface area (TPSA) is 68.0 Å². The number of benzene rings is 1. The van der Waals surface area contributed by atoms with Crippen molar-refractivity contribution in [2.45, 2.75) is 13.8 Å². The molecule has 0 radical (unpaired) electrons. The molecule has 1 aromatic carbocycles. The Hall–Kier alpha value is -2.24. The number of aromatic carboxylic acids is 1. The Balaban J connectivity index is 2.54. The van der Waals surface area contributed by atoms with Crippen molar-refractivity contribution in [3.63, 3.8) is 0 Å². The molecule has 6 heteroatoms. The van der Waals surface area contributed by atoms with Gasteiger partial charge in [-0.1, -0.05) is 0 Å². The van der Waals surface area contributed by atoms with Gasteiger partial charge in [0.05, 0.1) is 5.56 Å². The molecule has 0 amide bonds. The first-order valence-corrected chi connectivity index (χ1v) is 4.92. The van der Waals surface area contributed by atoms with Crippen molar-refractivity contribution >= 4 is 5.97 Å². The molecule has 1 N–H and O–H groups in total. The van der Waals surface area contributed by atoms with Crippen molar-refractivity contribution in [1.82, 2.24) is 14.8 Å². The van der Waals surface area contributed by atoms with Crippen LogP contribution in [-0.4, -0.2) is 25.8 Å². The first kappa shape index (κ1) is 11.3. The Bertz CT molecular complexity index is 592. The normalized spacial score (nSPS) is 10.5. The SMILES string of the molecule is Cc1nc(C)n(-c2ccc(C(=O)O)cc2F)n1. The van der Waals surface area contributed by atoms with Gasteiger partial charge >= 0.3 is 5.97 Å². The molecule has 0 aliphatic rings. The summed E-state index contributed by atoms with van der Waals surface area (Å²) in [6.45, 7) is 3.40. The third-order valence-corrected chi connectivity index (χ3v) is 2.30. The molecule has 0 atom stereocenters. The van der Waals surface area contributed by atoms with Crippen molar-refractivity contribution in [1.29, 1.82) is 0 Å². The number of carboxylic acids is 1. The van der Waals surface area contributed by atoms with E-state index in [1.807, 2.05) is 0 Å². The van der Waals surface area contributed by atoms with E-state index in [9.17, 15) is 9.18 Å². The summed E-state index contributed by atoms with van der Waals surface area (Å²) in [6, 6.07) is 3.67. The van der Waals surface area contributed by atoms with Crippen LogP contribution >= 0.6 is 0 Å². The number of hydrogen-bond donors (Lipinski definition) is 1. The van der Waals surface area contributed by atoms with Gasteiger partial charge in [0.2, 0.25) is 0 Å². The van der Waals surface area contributed by atoms with E-state index < -0.39 is 11.8 Å². The Kier molecular flexibility index (Phi) is 2.63. The summed E-state index contributed by atoms with van der Waals surface area (Å²) >= 11 is 0. The second kappa shape index (κ2) is 3.97. The predicted octanol–water partition coefficient (Wildman–Crippen LogP) is 1.72. The molecular weight excluding hydrogens is 225 g/mol. The maximum absolute atomic E-state index is 13.7. The first-order valence-electron chi connectivity index (χ1n) is 4.92. The molecular formula is C11H10FN3O2. The number of carbonyl (C=O) groups is 1. The Morgan fingerprint density at radius 1 is 1.41 bits per heavy atom. The lowest BCUT2D eigenvalue weighted by Crippen LogP contribution is -2.05. The quantitative estimate of drug-likeness (QED) is 0.860. The van der Waals surface area contributed by atoms with E-state index in [0.29, 0.717) is 11.6 Å². The summed E-state index contributed by atoms with van der Waals surface area (Å²) in [5.74, 6) is -0.728. The Labute approximate surface area is 96.5 Å². The van der Waals surface area contributed by atoms with Gasteiger partial charge in [-0.05, 0) is 32.0 Å². The maximum atomic E-state index is 13.7. The third kappa shape index (κ3) is 2.01. The lowest BCUT2D eigenvalue weighted by atomic mass is 10.2. The molecule has 0 saturated carbocycles. The molecule has 5 nitrogen and oxygen atoms in total. The lowest BCUT2D eigenvalue weighted by molar-refractivity contribution is 0.0696. The van der Waals surface area contributed by atoms with E-state index in [0.717, 1.165) is 6.07 Å². The summed E-state index contributed by atoms with van der Waals surface area (Å²) in [5, 5.41) is 12.8. The molecule has 2 rings (SSSR count). The molecule has 17 heavy (non-hydrogen) atoms. The van der Waals surface area contributed by atoms with E-state index in [4.69, 9.17) is 5.11 Å². The smallest absolute Gasteiger partial charge is 0.335 e.